The fraction of sp³-hybridized carbons (Fsp3) is 0.467. The van der Waals surface area contributed by atoms with Crippen LogP contribution >= 0.6 is 0 Å². The first kappa shape index (κ1) is 15.0. The van der Waals surface area contributed by atoms with Crippen LogP contribution in [-0.4, -0.2) is 36.7 Å². The molecule has 0 spiro atoms. The lowest BCUT2D eigenvalue weighted by Crippen LogP contribution is -2.44. The molecule has 1 atom stereocenters. The van der Waals surface area contributed by atoms with E-state index in [4.69, 9.17) is 15.7 Å². The summed E-state index contributed by atoms with van der Waals surface area (Å²) >= 11 is 0. The number of carbonyl (C=O) groups is 1. The molecular weight excluding hydrogens is 268 g/mol. The van der Waals surface area contributed by atoms with E-state index in [1.807, 2.05) is 6.92 Å². The van der Waals surface area contributed by atoms with Gasteiger partial charge in [-0.1, -0.05) is 6.07 Å². The highest BCUT2D eigenvalue weighted by molar-refractivity contribution is 5.74. The Morgan fingerprint density at radius 1 is 1.62 bits per heavy atom. The van der Waals surface area contributed by atoms with Crippen LogP contribution in [0.2, 0.25) is 0 Å². The molecule has 2 amide bonds. The van der Waals surface area contributed by atoms with Crippen molar-refractivity contribution >= 4 is 11.7 Å². The van der Waals surface area contributed by atoms with Gasteiger partial charge >= 0.3 is 6.03 Å². The number of carbonyl (C=O) groups excluding carboxylic acids is 1. The minimum absolute atomic E-state index is 0.0320. The molecule has 6 nitrogen and oxygen atoms in total. The van der Waals surface area contributed by atoms with Gasteiger partial charge in [0.05, 0.1) is 11.7 Å². The van der Waals surface area contributed by atoms with E-state index in [2.05, 4.69) is 11.4 Å². The molecule has 0 bridgehead atoms. The van der Waals surface area contributed by atoms with Crippen LogP contribution in [0.4, 0.5) is 10.5 Å². The summed E-state index contributed by atoms with van der Waals surface area (Å²) in [5.74, 6) is 0.472. The average molecular weight is 288 g/mol. The largest absolute Gasteiger partial charge is 0.490 e. The average Bonchev–Trinajstić information content (AvgIpc) is 2.94. The Kier molecular flexibility index (Phi) is 4.88. The Morgan fingerprint density at radius 2 is 2.43 bits per heavy atom. The van der Waals surface area contributed by atoms with E-state index in [0.29, 0.717) is 30.2 Å². The first-order chi connectivity index (χ1) is 10.2. The van der Waals surface area contributed by atoms with E-state index in [-0.39, 0.29) is 12.1 Å². The smallest absolute Gasteiger partial charge is 0.317 e. The van der Waals surface area contributed by atoms with Crippen molar-refractivity contribution in [2.45, 2.75) is 25.8 Å². The molecule has 1 heterocycles. The summed E-state index contributed by atoms with van der Waals surface area (Å²) in [7, 11) is 0. The first-order valence-corrected chi connectivity index (χ1v) is 7.13. The summed E-state index contributed by atoms with van der Waals surface area (Å²) in [4.78, 5) is 13.7. The van der Waals surface area contributed by atoms with Gasteiger partial charge in [0.2, 0.25) is 0 Å². The van der Waals surface area contributed by atoms with Crippen molar-refractivity contribution in [2.24, 2.45) is 0 Å². The number of hydrogen-bond donors (Lipinski definition) is 2. The molecule has 0 unspecified atom stereocenters. The van der Waals surface area contributed by atoms with Crippen molar-refractivity contribution in [1.82, 2.24) is 10.2 Å². The Morgan fingerprint density at radius 3 is 3.14 bits per heavy atom. The molecule has 2 rings (SSSR count). The summed E-state index contributed by atoms with van der Waals surface area (Å²) in [5.41, 5.74) is 6.51. The van der Waals surface area contributed by atoms with Crippen LogP contribution in [0.15, 0.2) is 18.2 Å². The Hall–Kier alpha value is -2.42. The molecule has 0 radical (unpaired) electrons. The minimum Gasteiger partial charge on any atom is -0.490 e. The van der Waals surface area contributed by atoms with Gasteiger partial charge in [0, 0.05) is 13.1 Å². The van der Waals surface area contributed by atoms with Crippen molar-refractivity contribution in [2.75, 3.05) is 25.4 Å². The number of anilines is 1. The van der Waals surface area contributed by atoms with Gasteiger partial charge in [-0.2, -0.15) is 5.26 Å². The van der Waals surface area contributed by atoms with E-state index in [9.17, 15) is 4.79 Å². The van der Waals surface area contributed by atoms with Gasteiger partial charge in [-0.25, -0.2) is 4.79 Å². The third-order valence-electron chi connectivity index (χ3n) is 3.57. The summed E-state index contributed by atoms with van der Waals surface area (Å²) in [6.45, 7) is 3.61. The second-order valence-electron chi connectivity index (χ2n) is 4.97. The molecule has 0 aliphatic carbocycles. The maximum atomic E-state index is 11.9. The lowest BCUT2D eigenvalue weighted by molar-refractivity contribution is 0.166. The number of benzene rings is 1. The number of likely N-dealkylation sites (tertiary alicyclic amines) is 1. The van der Waals surface area contributed by atoms with Gasteiger partial charge in [-0.15, -0.1) is 0 Å². The van der Waals surface area contributed by atoms with Crippen LogP contribution in [-0.2, 0) is 0 Å². The van der Waals surface area contributed by atoms with Gasteiger partial charge in [0.25, 0.3) is 0 Å². The number of urea groups is 1. The van der Waals surface area contributed by atoms with Gasteiger partial charge in [0.1, 0.15) is 24.0 Å². The van der Waals surface area contributed by atoms with Crippen LogP contribution in [0.1, 0.15) is 25.3 Å². The van der Waals surface area contributed by atoms with Crippen molar-refractivity contribution in [3.8, 4) is 11.8 Å². The summed E-state index contributed by atoms with van der Waals surface area (Å²) in [6.07, 6.45) is 1.87. The van der Waals surface area contributed by atoms with Crippen LogP contribution in [0.3, 0.4) is 0 Å². The number of hydrogen-bond acceptors (Lipinski definition) is 4. The SMILES string of the molecule is CCNC(=O)N1CCC[C@@H]1COc1cccc(N)c1C#N. The molecule has 1 saturated heterocycles. The molecule has 1 aromatic carbocycles. The molecular formula is C15H20N4O2. The van der Waals surface area contributed by atoms with Crippen molar-refractivity contribution in [3.05, 3.63) is 23.8 Å². The zero-order chi connectivity index (χ0) is 15.2. The molecule has 6 heteroatoms. The van der Waals surface area contributed by atoms with E-state index in [0.717, 1.165) is 19.4 Å². The highest BCUT2D eigenvalue weighted by Crippen LogP contribution is 2.25. The number of amides is 2. The second kappa shape index (κ2) is 6.84. The van der Waals surface area contributed by atoms with Gasteiger partial charge in [0.15, 0.2) is 0 Å². The molecule has 1 aliphatic heterocycles. The lowest BCUT2D eigenvalue weighted by Gasteiger charge is -2.25. The van der Waals surface area contributed by atoms with Crippen LogP contribution in [0.5, 0.6) is 5.75 Å². The van der Waals surface area contributed by atoms with Crippen LogP contribution in [0, 0.1) is 11.3 Å². The molecule has 1 aromatic rings. The van der Waals surface area contributed by atoms with Gasteiger partial charge in [-0.3, -0.25) is 0 Å². The van der Waals surface area contributed by atoms with Crippen molar-refractivity contribution in [1.29, 1.82) is 5.26 Å². The number of nitrogens with zero attached hydrogens (tertiary/aromatic N) is 2. The molecule has 0 aromatic heterocycles. The number of ether oxygens (including phenoxy) is 1. The third kappa shape index (κ3) is 3.37. The fourth-order valence-corrected chi connectivity index (χ4v) is 2.50. The van der Waals surface area contributed by atoms with E-state index >= 15 is 0 Å². The van der Waals surface area contributed by atoms with Crippen LogP contribution < -0.4 is 15.8 Å². The standard InChI is InChI=1S/C15H20N4O2/c1-2-18-15(20)19-8-4-5-11(19)10-21-14-7-3-6-13(17)12(14)9-16/h3,6-7,11H,2,4-5,8,10,17H2,1H3,(H,18,20)/t11-/m1/s1. The van der Waals surface area contributed by atoms with Gasteiger partial charge in [-0.05, 0) is 31.9 Å². The van der Waals surface area contributed by atoms with Crippen LogP contribution in [0.25, 0.3) is 0 Å². The Labute approximate surface area is 124 Å². The number of nitrogens with one attached hydrogen (secondary N) is 1. The zero-order valence-corrected chi connectivity index (χ0v) is 12.1. The molecule has 1 fully saturated rings. The molecule has 3 N–H and O–H groups in total. The zero-order valence-electron chi connectivity index (χ0n) is 12.1. The summed E-state index contributed by atoms with van der Waals surface area (Å²) in [5, 5.41) is 11.9. The molecule has 0 saturated carbocycles. The maximum absolute atomic E-state index is 11.9. The maximum Gasteiger partial charge on any atom is 0.317 e. The lowest BCUT2D eigenvalue weighted by atomic mass is 10.2. The first-order valence-electron chi connectivity index (χ1n) is 7.13. The molecule has 1 aliphatic rings. The fourth-order valence-electron chi connectivity index (χ4n) is 2.50. The normalized spacial score (nSPS) is 17.3. The van der Waals surface area contributed by atoms with E-state index < -0.39 is 0 Å². The summed E-state index contributed by atoms with van der Waals surface area (Å²) in [6, 6.07) is 7.17. The Bertz CT molecular complexity index is 553. The molecule has 21 heavy (non-hydrogen) atoms. The number of rotatable bonds is 4. The van der Waals surface area contributed by atoms with E-state index in [1.165, 1.54) is 0 Å². The molecule has 112 valence electrons. The minimum atomic E-state index is -0.0586. The van der Waals surface area contributed by atoms with E-state index in [1.54, 1.807) is 23.1 Å². The second-order valence-corrected chi connectivity index (χ2v) is 4.97. The number of nitrogens with two attached hydrogens (primary N) is 1. The van der Waals surface area contributed by atoms with Crippen molar-refractivity contribution < 1.29 is 9.53 Å². The number of nitrogen functional groups attached to an aromatic ring is 1. The predicted molar refractivity (Wildman–Crippen MR) is 79.9 cm³/mol. The van der Waals surface area contributed by atoms with Crippen molar-refractivity contribution in [3.63, 3.8) is 0 Å². The topological polar surface area (TPSA) is 91.4 Å². The predicted octanol–water partition coefficient (Wildman–Crippen LogP) is 1.71. The highest BCUT2D eigenvalue weighted by atomic mass is 16.5. The monoisotopic (exact) mass is 288 g/mol. The highest BCUT2D eigenvalue weighted by Gasteiger charge is 2.29. The quantitative estimate of drug-likeness (QED) is 0.825. The third-order valence-corrected chi connectivity index (χ3v) is 3.57. The Balaban J connectivity index is 2.01. The number of nitriles is 1. The van der Waals surface area contributed by atoms with Gasteiger partial charge < -0.3 is 20.7 Å². The summed E-state index contributed by atoms with van der Waals surface area (Å²) < 4.78 is 5.73.